The zero-order valence-corrected chi connectivity index (χ0v) is 29.9. The van der Waals surface area contributed by atoms with Crippen molar-refractivity contribution in [2.75, 3.05) is 0 Å². The molecule has 0 atom stereocenters. The van der Waals surface area contributed by atoms with E-state index in [0.29, 0.717) is 5.95 Å². The number of aromatic nitrogens is 3. The van der Waals surface area contributed by atoms with Crippen LogP contribution in [0.3, 0.4) is 0 Å². The molecule has 3 heteroatoms. The van der Waals surface area contributed by atoms with Crippen LogP contribution < -0.4 is 0 Å². The molecule has 54 heavy (non-hydrogen) atoms. The van der Waals surface area contributed by atoms with Gasteiger partial charge in [-0.3, -0.25) is 4.57 Å². The van der Waals surface area contributed by atoms with Gasteiger partial charge < -0.3 is 0 Å². The molecule has 0 spiro atoms. The highest BCUT2D eigenvalue weighted by Crippen LogP contribution is 2.50. The first-order valence-corrected chi connectivity index (χ1v) is 18.8. The average Bonchev–Trinajstić information content (AvgIpc) is 3.67. The van der Waals surface area contributed by atoms with E-state index in [2.05, 4.69) is 182 Å². The Bertz CT molecular complexity index is 3420. The Hall–Kier alpha value is -6.84. The van der Waals surface area contributed by atoms with Crippen molar-refractivity contribution in [3.8, 4) is 28.3 Å². The molecular formula is C51H33N3. The molecule has 252 valence electrons. The molecule has 0 fully saturated rings. The standard InChI is InChI=1S/C51H33N3/c1-51(2)43-21-11-9-19-37(43)38-25-23-31(27-44(38)51)49-39-20-10-12-22-45(39)52-50(53-49)54-46-26-24-30-13-3-4-14-32(30)48(46)42-28-40-35-17-7-5-15-33(35)34-16-6-8-18-36(34)41(40)29-47(42)54/h3-29H,1-2H3. The van der Waals surface area contributed by atoms with Crippen LogP contribution in [0.1, 0.15) is 25.0 Å². The van der Waals surface area contributed by atoms with E-state index in [9.17, 15) is 0 Å². The molecule has 0 N–H and O–H groups in total. The fourth-order valence-electron chi connectivity index (χ4n) is 9.64. The summed E-state index contributed by atoms with van der Waals surface area (Å²) in [5.41, 5.74) is 10.4. The maximum absolute atomic E-state index is 5.56. The van der Waals surface area contributed by atoms with Crippen molar-refractivity contribution in [3.63, 3.8) is 0 Å². The minimum atomic E-state index is -0.116. The second-order valence-corrected chi connectivity index (χ2v) is 15.3. The van der Waals surface area contributed by atoms with Crippen LogP contribution in [0.15, 0.2) is 164 Å². The van der Waals surface area contributed by atoms with E-state index in [4.69, 9.17) is 9.97 Å². The Kier molecular flexibility index (Phi) is 5.84. The first-order chi connectivity index (χ1) is 26.5. The van der Waals surface area contributed by atoms with Gasteiger partial charge in [0.1, 0.15) is 0 Å². The third kappa shape index (κ3) is 3.91. The topological polar surface area (TPSA) is 30.7 Å². The van der Waals surface area contributed by atoms with Crippen molar-refractivity contribution in [2.45, 2.75) is 19.3 Å². The SMILES string of the molecule is CC1(C)c2ccccc2-c2ccc(-c3nc(-n4c5cc6c7ccccc7c7ccccc7c6cc5c5c6ccccc6ccc54)nc4ccccc34)cc21. The van der Waals surface area contributed by atoms with Gasteiger partial charge >= 0.3 is 0 Å². The Morgan fingerprint density at radius 2 is 1.04 bits per heavy atom. The van der Waals surface area contributed by atoms with Gasteiger partial charge in [0.15, 0.2) is 0 Å². The van der Waals surface area contributed by atoms with Crippen LogP contribution in [-0.4, -0.2) is 14.5 Å². The summed E-state index contributed by atoms with van der Waals surface area (Å²) in [5.74, 6) is 0.673. The number of hydrogen-bond donors (Lipinski definition) is 0. The first-order valence-electron chi connectivity index (χ1n) is 18.8. The van der Waals surface area contributed by atoms with Crippen molar-refractivity contribution in [3.05, 3.63) is 175 Å². The highest BCUT2D eigenvalue weighted by Gasteiger charge is 2.35. The largest absolute Gasteiger partial charge is 0.278 e. The fourth-order valence-corrected chi connectivity index (χ4v) is 9.64. The summed E-state index contributed by atoms with van der Waals surface area (Å²) in [7, 11) is 0. The summed E-state index contributed by atoms with van der Waals surface area (Å²) in [6.07, 6.45) is 0. The number of rotatable bonds is 2. The molecule has 1 aliphatic carbocycles. The van der Waals surface area contributed by atoms with E-state index < -0.39 is 0 Å². The Morgan fingerprint density at radius 1 is 0.426 bits per heavy atom. The maximum Gasteiger partial charge on any atom is 0.235 e. The van der Waals surface area contributed by atoms with Crippen LogP contribution >= 0.6 is 0 Å². The number of nitrogens with zero attached hydrogens (tertiary/aromatic N) is 3. The summed E-state index contributed by atoms with van der Waals surface area (Å²) in [6.45, 7) is 4.68. The molecule has 11 aromatic rings. The minimum absolute atomic E-state index is 0.116. The Balaban J connectivity index is 1.20. The van der Waals surface area contributed by atoms with Crippen molar-refractivity contribution < 1.29 is 0 Å². The lowest BCUT2D eigenvalue weighted by Crippen LogP contribution is -2.15. The molecule has 3 nitrogen and oxygen atoms in total. The molecule has 2 aromatic heterocycles. The molecule has 0 saturated heterocycles. The summed E-state index contributed by atoms with van der Waals surface area (Å²) < 4.78 is 2.31. The number of hydrogen-bond acceptors (Lipinski definition) is 2. The molecule has 0 bridgehead atoms. The normalized spacial score (nSPS) is 13.5. The predicted octanol–water partition coefficient (Wildman–Crippen LogP) is 13.3. The third-order valence-corrected chi connectivity index (χ3v) is 12.2. The van der Waals surface area contributed by atoms with Crippen LogP contribution in [0.2, 0.25) is 0 Å². The van der Waals surface area contributed by atoms with Gasteiger partial charge in [-0.1, -0.05) is 147 Å². The fraction of sp³-hybridized carbons (Fsp3) is 0.0588. The van der Waals surface area contributed by atoms with Crippen molar-refractivity contribution in [1.29, 1.82) is 0 Å². The summed E-state index contributed by atoms with van der Waals surface area (Å²) >= 11 is 0. The zero-order chi connectivity index (χ0) is 35.7. The second-order valence-electron chi connectivity index (χ2n) is 15.3. The van der Waals surface area contributed by atoms with Gasteiger partial charge in [0, 0.05) is 27.1 Å². The lowest BCUT2D eigenvalue weighted by Gasteiger charge is -2.22. The average molecular weight is 688 g/mol. The molecular weight excluding hydrogens is 655 g/mol. The van der Waals surface area contributed by atoms with Gasteiger partial charge in [-0.2, -0.15) is 0 Å². The third-order valence-electron chi connectivity index (χ3n) is 12.2. The highest BCUT2D eigenvalue weighted by atomic mass is 15.2. The van der Waals surface area contributed by atoms with E-state index in [1.807, 2.05) is 0 Å². The molecule has 2 heterocycles. The zero-order valence-electron chi connectivity index (χ0n) is 29.9. The lowest BCUT2D eigenvalue weighted by molar-refractivity contribution is 0.660. The summed E-state index contributed by atoms with van der Waals surface area (Å²) in [6, 6.07) is 59.9. The van der Waals surface area contributed by atoms with Gasteiger partial charge in [0.2, 0.25) is 5.95 Å². The van der Waals surface area contributed by atoms with Gasteiger partial charge in [0.05, 0.1) is 22.2 Å². The lowest BCUT2D eigenvalue weighted by atomic mass is 9.82. The quantitative estimate of drug-likeness (QED) is 0.169. The smallest absolute Gasteiger partial charge is 0.235 e. The molecule has 0 saturated carbocycles. The van der Waals surface area contributed by atoms with Crippen LogP contribution in [-0.2, 0) is 5.41 Å². The number of fused-ring (bicyclic) bond motifs is 15. The Morgan fingerprint density at radius 3 is 1.81 bits per heavy atom. The van der Waals surface area contributed by atoms with Gasteiger partial charge in [0.25, 0.3) is 0 Å². The second kappa shape index (κ2) is 10.6. The summed E-state index contributed by atoms with van der Waals surface area (Å²) in [4.78, 5) is 10.9. The van der Waals surface area contributed by atoms with E-state index in [0.717, 1.165) is 33.2 Å². The minimum Gasteiger partial charge on any atom is -0.278 e. The van der Waals surface area contributed by atoms with E-state index in [-0.39, 0.29) is 5.41 Å². The van der Waals surface area contributed by atoms with E-state index in [1.54, 1.807) is 0 Å². The molecule has 0 aliphatic heterocycles. The van der Waals surface area contributed by atoms with E-state index >= 15 is 0 Å². The van der Waals surface area contributed by atoms with Crippen molar-refractivity contribution in [1.82, 2.24) is 14.5 Å². The van der Waals surface area contributed by atoms with Gasteiger partial charge in [-0.25, -0.2) is 9.97 Å². The molecule has 0 amide bonds. The highest BCUT2D eigenvalue weighted by molar-refractivity contribution is 6.30. The molecule has 12 rings (SSSR count). The monoisotopic (exact) mass is 687 g/mol. The number of benzene rings is 9. The molecule has 0 unspecified atom stereocenters. The summed E-state index contributed by atoms with van der Waals surface area (Å²) in [5, 5.41) is 13.4. The Labute approximate surface area is 311 Å². The van der Waals surface area contributed by atoms with Gasteiger partial charge in [-0.05, 0) is 95.7 Å². The van der Waals surface area contributed by atoms with Gasteiger partial charge in [-0.15, -0.1) is 0 Å². The van der Waals surface area contributed by atoms with Crippen LogP contribution in [0.25, 0.3) is 104 Å². The van der Waals surface area contributed by atoms with Crippen molar-refractivity contribution >= 4 is 75.8 Å². The molecule has 1 aliphatic rings. The van der Waals surface area contributed by atoms with E-state index in [1.165, 1.54) is 76.1 Å². The van der Waals surface area contributed by atoms with Crippen LogP contribution in [0, 0.1) is 0 Å². The van der Waals surface area contributed by atoms with Crippen LogP contribution in [0.5, 0.6) is 0 Å². The predicted molar refractivity (Wildman–Crippen MR) is 227 cm³/mol. The van der Waals surface area contributed by atoms with Crippen molar-refractivity contribution in [2.24, 2.45) is 0 Å². The molecule has 0 radical (unpaired) electrons. The van der Waals surface area contributed by atoms with Crippen LogP contribution in [0.4, 0.5) is 0 Å². The first kappa shape index (κ1) is 29.7. The number of para-hydroxylation sites is 1. The maximum atomic E-state index is 5.56. The molecule has 9 aromatic carbocycles.